The molecule has 1 aliphatic heterocycles. The van der Waals surface area contributed by atoms with E-state index in [1.165, 1.54) is 0 Å². The summed E-state index contributed by atoms with van der Waals surface area (Å²) in [6.45, 7) is 2.58. The number of nitrogens with zero attached hydrogens (tertiary/aromatic N) is 2. The first kappa shape index (κ1) is 11.7. The summed E-state index contributed by atoms with van der Waals surface area (Å²) >= 11 is 0. The van der Waals surface area contributed by atoms with Gasteiger partial charge in [-0.05, 0) is 48.7 Å². The number of pyridine rings is 1. The highest BCUT2D eigenvalue weighted by atomic mass is 16.3. The molecule has 0 bridgehead atoms. The molecule has 19 heavy (non-hydrogen) atoms. The highest BCUT2D eigenvalue weighted by molar-refractivity contribution is 6.08. The Kier molecular flexibility index (Phi) is 2.71. The van der Waals surface area contributed by atoms with Crippen LogP contribution in [-0.2, 0) is 6.42 Å². The number of fused-ring (bicyclic) bond motifs is 1. The minimum atomic E-state index is -0.0302. The zero-order chi connectivity index (χ0) is 13.4. The molecular weight excluding hydrogens is 240 g/mol. The van der Waals surface area contributed by atoms with E-state index >= 15 is 0 Å². The van der Waals surface area contributed by atoms with E-state index in [2.05, 4.69) is 4.98 Å². The Labute approximate surface area is 111 Å². The third kappa shape index (κ3) is 1.95. The van der Waals surface area contributed by atoms with Gasteiger partial charge < -0.3 is 10.0 Å². The molecule has 0 fully saturated rings. The third-order valence-corrected chi connectivity index (χ3v) is 3.47. The number of amides is 1. The molecule has 1 amide bonds. The van der Waals surface area contributed by atoms with Crippen LogP contribution in [0.5, 0.6) is 5.75 Å². The highest BCUT2D eigenvalue weighted by Gasteiger charge is 2.26. The first-order chi connectivity index (χ1) is 9.16. The molecule has 4 nitrogen and oxygen atoms in total. The zero-order valence-electron chi connectivity index (χ0n) is 10.6. The summed E-state index contributed by atoms with van der Waals surface area (Å²) in [6.07, 6.45) is 4.18. The van der Waals surface area contributed by atoms with Gasteiger partial charge in [0.15, 0.2) is 0 Å². The van der Waals surface area contributed by atoms with Crippen LogP contribution in [-0.4, -0.2) is 22.5 Å². The summed E-state index contributed by atoms with van der Waals surface area (Å²) < 4.78 is 0. The van der Waals surface area contributed by atoms with Crippen molar-refractivity contribution in [2.45, 2.75) is 13.3 Å². The van der Waals surface area contributed by atoms with E-state index in [1.807, 2.05) is 13.0 Å². The number of rotatable bonds is 1. The van der Waals surface area contributed by atoms with Crippen LogP contribution in [0.15, 0.2) is 36.7 Å². The predicted octanol–water partition coefficient (Wildman–Crippen LogP) is 2.30. The Morgan fingerprint density at radius 2 is 2.16 bits per heavy atom. The zero-order valence-corrected chi connectivity index (χ0v) is 10.6. The lowest BCUT2D eigenvalue weighted by Gasteiger charge is -2.29. The normalized spacial score (nSPS) is 14.4. The highest BCUT2D eigenvalue weighted by Crippen LogP contribution is 2.28. The number of benzene rings is 1. The van der Waals surface area contributed by atoms with Crippen molar-refractivity contribution in [2.75, 3.05) is 11.4 Å². The summed E-state index contributed by atoms with van der Waals surface area (Å²) in [7, 11) is 0. The van der Waals surface area contributed by atoms with Gasteiger partial charge in [-0.3, -0.25) is 9.78 Å². The van der Waals surface area contributed by atoms with Gasteiger partial charge in [0.25, 0.3) is 5.91 Å². The molecule has 0 atom stereocenters. The molecule has 2 aromatic rings. The number of aromatic hydroxyl groups is 1. The molecule has 1 N–H and O–H groups in total. The number of hydrogen-bond acceptors (Lipinski definition) is 3. The topological polar surface area (TPSA) is 53.4 Å². The summed E-state index contributed by atoms with van der Waals surface area (Å²) in [5, 5.41) is 9.47. The fraction of sp³-hybridized carbons (Fsp3) is 0.200. The van der Waals surface area contributed by atoms with E-state index in [4.69, 9.17) is 0 Å². The van der Waals surface area contributed by atoms with E-state index in [1.54, 1.807) is 35.5 Å². The fourth-order valence-corrected chi connectivity index (χ4v) is 2.44. The van der Waals surface area contributed by atoms with E-state index in [9.17, 15) is 9.90 Å². The van der Waals surface area contributed by atoms with Crippen LogP contribution in [0.2, 0.25) is 0 Å². The number of carbonyl (C=O) groups is 1. The van der Waals surface area contributed by atoms with Gasteiger partial charge in [0.2, 0.25) is 0 Å². The summed E-state index contributed by atoms with van der Waals surface area (Å²) in [5.41, 5.74) is 3.45. The van der Waals surface area contributed by atoms with Gasteiger partial charge in [0.1, 0.15) is 5.75 Å². The van der Waals surface area contributed by atoms with Crippen molar-refractivity contribution >= 4 is 11.6 Å². The van der Waals surface area contributed by atoms with Gasteiger partial charge in [0, 0.05) is 18.3 Å². The largest absolute Gasteiger partial charge is 0.508 e. The van der Waals surface area contributed by atoms with Crippen molar-refractivity contribution in [1.29, 1.82) is 0 Å². The van der Waals surface area contributed by atoms with Gasteiger partial charge >= 0.3 is 0 Å². The van der Waals surface area contributed by atoms with Crippen LogP contribution < -0.4 is 4.90 Å². The maximum Gasteiger partial charge on any atom is 0.258 e. The van der Waals surface area contributed by atoms with Crippen LogP contribution in [0.1, 0.15) is 21.5 Å². The van der Waals surface area contributed by atoms with Crippen molar-refractivity contribution in [3.8, 4) is 5.75 Å². The Morgan fingerprint density at radius 1 is 1.32 bits per heavy atom. The minimum absolute atomic E-state index is 0.0302. The summed E-state index contributed by atoms with van der Waals surface area (Å²) in [6, 6.07) is 6.80. The molecule has 1 aromatic carbocycles. The van der Waals surface area contributed by atoms with Gasteiger partial charge in [0.05, 0.1) is 11.9 Å². The Bertz CT molecular complexity index is 652. The van der Waals surface area contributed by atoms with E-state index < -0.39 is 0 Å². The van der Waals surface area contributed by atoms with Gasteiger partial charge in [-0.1, -0.05) is 0 Å². The van der Waals surface area contributed by atoms with Crippen LogP contribution in [0.3, 0.4) is 0 Å². The van der Waals surface area contributed by atoms with E-state index in [0.717, 1.165) is 23.2 Å². The molecule has 0 saturated carbocycles. The lowest BCUT2D eigenvalue weighted by molar-refractivity contribution is 0.0980. The predicted molar refractivity (Wildman–Crippen MR) is 72.5 cm³/mol. The second-order valence-electron chi connectivity index (χ2n) is 4.71. The van der Waals surface area contributed by atoms with Gasteiger partial charge in [-0.2, -0.15) is 0 Å². The second-order valence-corrected chi connectivity index (χ2v) is 4.71. The van der Waals surface area contributed by atoms with Crippen LogP contribution in [0.4, 0.5) is 5.69 Å². The first-order valence-electron chi connectivity index (χ1n) is 6.21. The standard InChI is InChI=1S/C15H14N2O2/c1-10-4-6-16-9-14(10)17-7-5-11-8-12(18)2-3-13(11)15(17)19/h2-4,6,8-9,18H,5,7H2,1H3. The molecule has 0 unspecified atom stereocenters. The molecule has 1 aliphatic rings. The number of aryl methyl sites for hydroxylation is 1. The van der Waals surface area contributed by atoms with E-state index in [0.29, 0.717) is 12.1 Å². The number of aromatic nitrogens is 1. The monoisotopic (exact) mass is 254 g/mol. The number of phenols is 1. The maximum absolute atomic E-state index is 12.5. The summed E-state index contributed by atoms with van der Waals surface area (Å²) in [5.74, 6) is 0.176. The molecule has 3 rings (SSSR count). The van der Waals surface area contributed by atoms with Crippen molar-refractivity contribution < 1.29 is 9.90 Å². The number of hydrogen-bond donors (Lipinski definition) is 1. The number of carbonyl (C=O) groups excluding carboxylic acids is 1. The lowest BCUT2D eigenvalue weighted by atomic mass is 9.98. The average Bonchev–Trinajstić information content (AvgIpc) is 2.40. The molecule has 0 aliphatic carbocycles. The van der Waals surface area contributed by atoms with Crippen molar-refractivity contribution in [3.05, 3.63) is 53.3 Å². The quantitative estimate of drug-likeness (QED) is 0.849. The Balaban J connectivity index is 2.03. The van der Waals surface area contributed by atoms with Crippen molar-refractivity contribution in [3.63, 3.8) is 0 Å². The maximum atomic E-state index is 12.5. The van der Waals surface area contributed by atoms with E-state index in [-0.39, 0.29) is 11.7 Å². The van der Waals surface area contributed by atoms with Gasteiger partial charge in [-0.25, -0.2) is 0 Å². The molecule has 0 saturated heterocycles. The smallest absolute Gasteiger partial charge is 0.258 e. The summed E-state index contributed by atoms with van der Waals surface area (Å²) in [4.78, 5) is 18.3. The molecule has 4 heteroatoms. The molecular formula is C15H14N2O2. The lowest BCUT2D eigenvalue weighted by Crippen LogP contribution is -2.38. The van der Waals surface area contributed by atoms with Crippen LogP contribution in [0, 0.1) is 6.92 Å². The third-order valence-electron chi connectivity index (χ3n) is 3.47. The average molecular weight is 254 g/mol. The number of phenolic OH excluding ortho intramolecular Hbond substituents is 1. The molecule has 0 spiro atoms. The fourth-order valence-electron chi connectivity index (χ4n) is 2.44. The molecule has 96 valence electrons. The second kappa shape index (κ2) is 4.39. The Hall–Kier alpha value is -2.36. The number of anilines is 1. The molecule has 2 heterocycles. The SMILES string of the molecule is Cc1ccncc1N1CCc2cc(O)ccc2C1=O. The van der Waals surface area contributed by atoms with Gasteiger partial charge in [-0.15, -0.1) is 0 Å². The van der Waals surface area contributed by atoms with Crippen LogP contribution >= 0.6 is 0 Å². The van der Waals surface area contributed by atoms with Crippen molar-refractivity contribution in [2.24, 2.45) is 0 Å². The molecule has 1 aromatic heterocycles. The Morgan fingerprint density at radius 3 is 2.95 bits per heavy atom. The van der Waals surface area contributed by atoms with Crippen LogP contribution in [0.25, 0.3) is 0 Å². The molecule has 0 radical (unpaired) electrons. The van der Waals surface area contributed by atoms with Crippen molar-refractivity contribution in [1.82, 2.24) is 4.98 Å². The first-order valence-corrected chi connectivity index (χ1v) is 6.21. The minimum Gasteiger partial charge on any atom is -0.508 e.